The number of aliphatic hydroxyl groups excluding tert-OH is 1. The van der Waals surface area contributed by atoms with Crippen LogP contribution in [0.1, 0.15) is 17.4 Å². The van der Waals surface area contributed by atoms with Crippen LogP contribution >= 0.6 is 22.9 Å². The molecule has 0 amide bonds. The van der Waals surface area contributed by atoms with Gasteiger partial charge < -0.3 is 5.11 Å². The minimum absolute atomic E-state index is 0.116. The highest BCUT2D eigenvalue weighted by molar-refractivity contribution is 7.09. The Labute approximate surface area is 111 Å². The average molecular weight is 267 g/mol. The second-order valence-corrected chi connectivity index (χ2v) is 5.95. The van der Waals surface area contributed by atoms with Crippen LogP contribution in [0.15, 0.2) is 41.8 Å². The van der Waals surface area contributed by atoms with Gasteiger partial charge in [-0.2, -0.15) is 0 Å². The quantitative estimate of drug-likeness (QED) is 0.890. The Morgan fingerprint density at radius 2 is 2.12 bits per heavy atom. The maximum Gasteiger partial charge on any atom is 0.0528 e. The lowest BCUT2D eigenvalue weighted by Gasteiger charge is -2.27. The summed E-state index contributed by atoms with van der Waals surface area (Å²) in [7, 11) is 0. The number of hydrogen-bond donors (Lipinski definition) is 1. The van der Waals surface area contributed by atoms with E-state index in [1.54, 1.807) is 11.3 Å². The molecule has 1 nitrogen and oxygen atoms in total. The molecule has 0 spiro atoms. The fraction of sp³-hybridized carbons (Fsp3) is 0.286. The zero-order valence-electron chi connectivity index (χ0n) is 9.69. The minimum atomic E-state index is -0.268. The SMILES string of the molecule is CC(CO)(Cc1cccs1)c1cccc(Cl)c1. The molecule has 1 atom stereocenters. The van der Waals surface area contributed by atoms with E-state index in [4.69, 9.17) is 11.6 Å². The molecule has 0 aliphatic carbocycles. The number of benzene rings is 1. The summed E-state index contributed by atoms with van der Waals surface area (Å²) in [5.74, 6) is 0. The van der Waals surface area contributed by atoms with Gasteiger partial charge in [0.1, 0.15) is 0 Å². The lowest BCUT2D eigenvalue weighted by Crippen LogP contribution is -2.29. The maximum atomic E-state index is 9.69. The van der Waals surface area contributed by atoms with Crippen molar-refractivity contribution in [3.05, 3.63) is 57.2 Å². The van der Waals surface area contributed by atoms with Crippen molar-refractivity contribution in [3.63, 3.8) is 0 Å². The highest BCUT2D eigenvalue weighted by atomic mass is 35.5. The Morgan fingerprint density at radius 3 is 2.71 bits per heavy atom. The van der Waals surface area contributed by atoms with Crippen molar-refractivity contribution in [2.45, 2.75) is 18.8 Å². The van der Waals surface area contributed by atoms with E-state index in [9.17, 15) is 5.11 Å². The average Bonchev–Trinajstić information content (AvgIpc) is 2.81. The summed E-state index contributed by atoms with van der Waals surface area (Å²) in [5, 5.41) is 12.5. The first kappa shape index (κ1) is 12.6. The van der Waals surface area contributed by atoms with Gasteiger partial charge in [0, 0.05) is 15.3 Å². The van der Waals surface area contributed by atoms with Gasteiger partial charge in [-0.25, -0.2) is 0 Å². The van der Waals surface area contributed by atoms with Crippen LogP contribution in [0.3, 0.4) is 0 Å². The Morgan fingerprint density at radius 1 is 1.29 bits per heavy atom. The van der Waals surface area contributed by atoms with E-state index in [0.717, 1.165) is 12.0 Å². The molecule has 0 fully saturated rings. The zero-order chi connectivity index (χ0) is 12.3. The first-order valence-electron chi connectivity index (χ1n) is 5.53. The summed E-state index contributed by atoms with van der Waals surface area (Å²) in [4.78, 5) is 1.28. The fourth-order valence-corrected chi connectivity index (χ4v) is 2.99. The molecule has 1 N–H and O–H groups in total. The molecule has 1 aromatic heterocycles. The first-order chi connectivity index (χ1) is 8.14. The molecule has 0 saturated carbocycles. The molecule has 2 aromatic rings. The second kappa shape index (κ2) is 5.21. The Hall–Kier alpha value is -0.830. The third-order valence-electron chi connectivity index (χ3n) is 3.02. The van der Waals surface area contributed by atoms with Gasteiger partial charge in [-0.15, -0.1) is 11.3 Å². The van der Waals surface area contributed by atoms with E-state index >= 15 is 0 Å². The van der Waals surface area contributed by atoms with Crippen molar-refractivity contribution in [1.82, 2.24) is 0 Å². The highest BCUT2D eigenvalue weighted by Crippen LogP contribution is 2.30. The van der Waals surface area contributed by atoms with Crippen LogP contribution in [0.2, 0.25) is 5.02 Å². The summed E-state index contributed by atoms with van der Waals surface area (Å²) >= 11 is 7.73. The van der Waals surface area contributed by atoms with Crippen LogP contribution in [0.4, 0.5) is 0 Å². The summed E-state index contributed by atoms with van der Waals surface area (Å²) < 4.78 is 0. The molecule has 17 heavy (non-hydrogen) atoms. The lowest BCUT2D eigenvalue weighted by atomic mass is 9.80. The predicted molar refractivity (Wildman–Crippen MR) is 73.9 cm³/mol. The van der Waals surface area contributed by atoms with Crippen molar-refractivity contribution in [2.75, 3.05) is 6.61 Å². The summed E-state index contributed by atoms with van der Waals surface area (Å²) in [6.07, 6.45) is 0.835. The van der Waals surface area contributed by atoms with Crippen molar-refractivity contribution in [3.8, 4) is 0 Å². The topological polar surface area (TPSA) is 20.2 Å². The summed E-state index contributed by atoms with van der Waals surface area (Å²) in [5.41, 5.74) is 0.816. The van der Waals surface area contributed by atoms with E-state index in [2.05, 4.69) is 18.4 Å². The Balaban J connectivity index is 2.30. The van der Waals surface area contributed by atoms with Gasteiger partial charge in [0.2, 0.25) is 0 Å². The Kier molecular flexibility index (Phi) is 3.87. The van der Waals surface area contributed by atoms with Gasteiger partial charge in [0.05, 0.1) is 6.61 Å². The van der Waals surface area contributed by atoms with Gasteiger partial charge >= 0.3 is 0 Å². The molecule has 1 aromatic carbocycles. The minimum Gasteiger partial charge on any atom is -0.395 e. The van der Waals surface area contributed by atoms with Crippen LogP contribution in [0, 0.1) is 0 Å². The van der Waals surface area contributed by atoms with E-state index < -0.39 is 0 Å². The molecule has 3 heteroatoms. The van der Waals surface area contributed by atoms with Gasteiger partial charge in [-0.05, 0) is 35.6 Å². The molecular formula is C14H15ClOS. The van der Waals surface area contributed by atoms with Crippen LogP contribution in [0.25, 0.3) is 0 Å². The maximum absolute atomic E-state index is 9.69. The molecule has 1 unspecified atom stereocenters. The number of halogens is 1. The van der Waals surface area contributed by atoms with E-state index in [1.165, 1.54) is 4.88 Å². The van der Waals surface area contributed by atoms with E-state index in [1.807, 2.05) is 30.3 Å². The number of hydrogen-bond acceptors (Lipinski definition) is 2. The van der Waals surface area contributed by atoms with Crippen LogP contribution in [-0.2, 0) is 11.8 Å². The molecule has 0 saturated heterocycles. The normalized spacial score (nSPS) is 14.5. The zero-order valence-corrected chi connectivity index (χ0v) is 11.3. The van der Waals surface area contributed by atoms with Gasteiger partial charge in [0.25, 0.3) is 0 Å². The van der Waals surface area contributed by atoms with Crippen molar-refractivity contribution in [1.29, 1.82) is 0 Å². The van der Waals surface area contributed by atoms with Gasteiger partial charge in [-0.3, -0.25) is 0 Å². The number of thiophene rings is 1. The molecule has 1 heterocycles. The summed E-state index contributed by atoms with van der Waals surface area (Å²) in [6.45, 7) is 2.18. The third kappa shape index (κ3) is 2.89. The second-order valence-electron chi connectivity index (χ2n) is 4.49. The molecule has 90 valence electrons. The lowest BCUT2D eigenvalue weighted by molar-refractivity contribution is 0.205. The molecule has 0 radical (unpaired) electrons. The van der Waals surface area contributed by atoms with Crippen molar-refractivity contribution in [2.24, 2.45) is 0 Å². The highest BCUT2D eigenvalue weighted by Gasteiger charge is 2.26. The molecule has 0 aliphatic rings. The van der Waals surface area contributed by atoms with Crippen LogP contribution in [0.5, 0.6) is 0 Å². The van der Waals surface area contributed by atoms with Crippen LogP contribution in [-0.4, -0.2) is 11.7 Å². The standard InChI is InChI=1S/C14H15ClOS/c1-14(10-16,9-13-6-3-7-17-13)11-4-2-5-12(15)8-11/h2-8,16H,9-10H2,1H3. The van der Waals surface area contributed by atoms with E-state index in [-0.39, 0.29) is 12.0 Å². The molecular weight excluding hydrogens is 252 g/mol. The van der Waals surface area contributed by atoms with Gasteiger partial charge in [0.15, 0.2) is 0 Å². The number of rotatable bonds is 4. The van der Waals surface area contributed by atoms with E-state index in [0.29, 0.717) is 5.02 Å². The van der Waals surface area contributed by atoms with Crippen LogP contribution < -0.4 is 0 Å². The Bertz CT molecular complexity index is 481. The first-order valence-corrected chi connectivity index (χ1v) is 6.79. The third-order valence-corrected chi connectivity index (χ3v) is 4.13. The molecule has 0 aliphatic heterocycles. The summed E-state index contributed by atoms with van der Waals surface area (Å²) in [6, 6.07) is 11.9. The molecule has 2 rings (SSSR count). The molecule has 0 bridgehead atoms. The van der Waals surface area contributed by atoms with Crippen molar-refractivity contribution < 1.29 is 5.11 Å². The largest absolute Gasteiger partial charge is 0.395 e. The number of aliphatic hydroxyl groups is 1. The van der Waals surface area contributed by atoms with Crippen molar-refractivity contribution >= 4 is 22.9 Å². The monoisotopic (exact) mass is 266 g/mol. The predicted octanol–water partition coefficient (Wildman–Crippen LogP) is 3.89. The van der Waals surface area contributed by atoms with Gasteiger partial charge in [-0.1, -0.05) is 36.7 Å². The fourth-order valence-electron chi connectivity index (χ4n) is 1.91. The smallest absolute Gasteiger partial charge is 0.0528 e.